The van der Waals surface area contributed by atoms with Crippen LogP contribution in [0.15, 0.2) is 59.8 Å². The number of oxime groups is 1. The zero-order valence-corrected chi connectivity index (χ0v) is 14.0. The molecule has 0 N–H and O–H groups in total. The summed E-state index contributed by atoms with van der Waals surface area (Å²) in [4.78, 5) is 17.5. The van der Waals surface area contributed by atoms with Crippen molar-refractivity contribution in [3.8, 4) is 5.75 Å². The van der Waals surface area contributed by atoms with E-state index in [-0.39, 0.29) is 11.6 Å². The zero-order valence-electron chi connectivity index (χ0n) is 14.0. The lowest BCUT2D eigenvalue weighted by Crippen LogP contribution is -2.06. The third-order valence-corrected chi connectivity index (χ3v) is 4.15. The second-order valence-electron chi connectivity index (χ2n) is 6.08. The fourth-order valence-corrected chi connectivity index (χ4v) is 2.69. The predicted octanol–water partition coefficient (Wildman–Crippen LogP) is 5.42. The molecule has 2 aromatic rings. The van der Waals surface area contributed by atoms with E-state index in [1.807, 2.05) is 24.3 Å². The monoisotopic (exact) mass is 337 g/mol. The average Bonchev–Trinajstić information content (AvgIpc) is 2.67. The smallest absolute Gasteiger partial charge is 0.185 e. The van der Waals surface area contributed by atoms with Gasteiger partial charge in [0.05, 0.1) is 5.71 Å². The molecular weight excluding hydrogens is 317 g/mol. The van der Waals surface area contributed by atoms with Crippen LogP contribution in [0.3, 0.4) is 0 Å². The number of hydrogen-bond acceptors (Lipinski definition) is 3. The molecule has 1 aliphatic rings. The highest BCUT2D eigenvalue weighted by atomic mass is 19.1. The van der Waals surface area contributed by atoms with Gasteiger partial charge in [-0.3, -0.25) is 4.79 Å². The Hall–Kier alpha value is -2.75. The zero-order chi connectivity index (χ0) is 17.5. The lowest BCUT2D eigenvalue weighted by Gasteiger charge is -2.11. The molecule has 0 atom stereocenters. The van der Waals surface area contributed by atoms with Gasteiger partial charge < -0.3 is 4.84 Å². The lowest BCUT2D eigenvalue weighted by atomic mass is 9.99. The quantitative estimate of drug-likeness (QED) is 0.415. The van der Waals surface area contributed by atoms with Gasteiger partial charge in [0.2, 0.25) is 0 Å². The molecule has 0 bridgehead atoms. The molecule has 0 heterocycles. The Bertz CT molecular complexity index is 769. The Morgan fingerprint density at radius 2 is 1.64 bits per heavy atom. The van der Waals surface area contributed by atoms with Crippen LogP contribution in [0.2, 0.25) is 0 Å². The molecule has 2 aromatic carbocycles. The minimum absolute atomic E-state index is 0.163. The summed E-state index contributed by atoms with van der Waals surface area (Å²) in [5.74, 6) is 0.164. The number of nitrogens with zero attached hydrogens (tertiary/aromatic N) is 1. The van der Waals surface area contributed by atoms with Crippen molar-refractivity contribution in [2.24, 2.45) is 5.16 Å². The van der Waals surface area contributed by atoms with Crippen molar-refractivity contribution in [3.05, 3.63) is 71.6 Å². The normalized spacial score (nSPS) is 14.5. The van der Waals surface area contributed by atoms with Crippen LogP contribution in [-0.2, 0) is 0 Å². The van der Waals surface area contributed by atoms with Crippen LogP contribution in [0.1, 0.15) is 48.0 Å². The maximum atomic E-state index is 12.9. The van der Waals surface area contributed by atoms with E-state index in [2.05, 4.69) is 5.16 Å². The predicted molar refractivity (Wildman–Crippen MR) is 97.4 cm³/mol. The summed E-state index contributed by atoms with van der Waals surface area (Å²) in [5.41, 5.74) is 2.47. The Balaban J connectivity index is 1.58. The van der Waals surface area contributed by atoms with Gasteiger partial charge in [0.25, 0.3) is 0 Å². The Kier molecular flexibility index (Phi) is 5.73. The first-order valence-electron chi connectivity index (χ1n) is 8.51. The minimum atomic E-state index is -0.354. The molecule has 4 heteroatoms. The number of halogens is 1. The second kappa shape index (κ2) is 8.38. The molecule has 0 unspecified atom stereocenters. The van der Waals surface area contributed by atoms with Crippen LogP contribution in [0.25, 0.3) is 6.08 Å². The van der Waals surface area contributed by atoms with Crippen molar-refractivity contribution in [1.29, 1.82) is 0 Å². The molecule has 0 radical (unpaired) electrons. The largest absolute Gasteiger partial charge is 0.357 e. The molecule has 0 saturated heterocycles. The van der Waals surface area contributed by atoms with E-state index in [9.17, 15) is 9.18 Å². The van der Waals surface area contributed by atoms with Gasteiger partial charge in [-0.05, 0) is 73.7 Å². The number of rotatable bonds is 5. The van der Waals surface area contributed by atoms with Gasteiger partial charge in [-0.2, -0.15) is 0 Å². The molecule has 1 fully saturated rings. The number of ketones is 1. The van der Waals surface area contributed by atoms with Crippen molar-refractivity contribution >= 4 is 17.6 Å². The highest BCUT2D eigenvalue weighted by Gasteiger charge is 2.07. The minimum Gasteiger partial charge on any atom is -0.357 e. The van der Waals surface area contributed by atoms with Gasteiger partial charge >= 0.3 is 0 Å². The summed E-state index contributed by atoms with van der Waals surface area (Å²) in [6.45, 7) is 0. The Labute approximate surface area is 146 Å². The summed E-state index contributed by atoms with van der Waals surface area (Å²) in [5, 5.41) is 4.22. The third-order valence-electron chi connectivity index (χ3n) is 4.15. The van der Waals surface area contributed by atoms with Gasteiger partial charge in [0, 0.05) is 5.56 Å². The van der Waals surface area contributed by atoms with Crippen LogP contribution < -0.4 is 4.84 Å². The van der Waals surface area contributed by atoms with Gasteiger partial charge in [0.1, 0.15) is 5.82 Å². The first-order chi connectivity index (χ1) is 12.2. The molecular formula is C21H20FNO2. The highest BCUT2D eigenvalue weighted by molar-refractivity contribution is 6.06. The van der Waals surface area contributed by atoms with Crippen LogP contribution in [0.4, 0.5) is 4.39 Å². The molecule has 128 valence electrons. The van der Waals surface area contributed by atoms with E-state index >= 15 is 0 Å². The van der Waals surface area contributed by atoms with E-state index in [0.29, 0.717) is 11.3 Å². The Morgan fingerprint density at radius 3 is 2.32 bits per heavy atom. The number of benzene rings is 2. The summed E-state index contributed by atoms with van der Waals surface area (Å²) in [7, 11) is 0. The molecule has 0 amide bonds. The fourth-order valence-electron chi connectivity index (χ4n) is 2.69. The van der Waals surface area contributed by atoms with Crippen LogP contribution in [-0.4, -0.2) is 11.5 Å². The number of carbonyl (C=O) groups is 1. The summed E-state index contributed by atoms with van der Waals surface area (Å²) in [6.07, 6.45) is 8.89. The standard InChI is InChI=1S/C21H20FNO2/c22-18-11-9-17(10-12-18)21(24)15-8-16-6-13-20(14-7-16)25-23-19-4-2-1-3-5-19/h6-15H,1-5H2/b15-8+. The number of hydrogen-bond donors (Lipinski definition) is 0. The van der Waals surface area contributed by atoms with E-state index in [0.717, 1.165) is 24.1 Å². The van der Waals surface area contributed by atoms with Crippen LogP contribution in [0, 0.1) is 5.82 Å². The van der Waals surface area contributed by atoms with Crippen molar-refractivity contribution < 1.29 is 14.0 Å². The van der Waals surface area contributed by atoms with Crippen molar-refractivity contribution in [1.82, 2.24) is 0 Å². The summed E-state index contributed by atoms with van der Waals surface area (Å²) < 4.78 is 12.9. The number of carbonyl (C=O) groups excluding carboxylic acids is 1. The first-order valence-corrected chi connectivity index (χ1v) is 8.51. The van der Waals surface area contributed by atoms with Crippen molar-refractivity contribution in [2.45, 2.75) is 32.1 Å². The van der Waals surface area contributed by atoms with E-state index in [1.165, 1.54) is 49.6 Å². The maximum absolute atomic E-state index is 12.9. The number of allylic oxidation sites excluding steroid dienone is 1. The van der Waals surface area contributed by atoms with Gasteiger partial charge in [0.15, 0.2) is 11.5 Å². The average molecular weight is 337 g/mol. The molecule has 3 rings (SSSR count). The summed E-state index contributed by atoms with van der Waals surface area (Å²) in [6, 6.07) is 12.9. The van der Waals surface area contributed by atoms with Crippen LogP contribution in [0.5, 0.6) is 5.75 Å². The third kappa shape index (κ3) is 5.11. The van der Waals surface area contributed by atoms with E-state index in [4.69, 9.17) is 4.84 Å². The second-order valence-corrected chi connectivity index (χ2v) is 6.08. The SMILES string of the molecule is O=C(/C=C/c1ccc(ON=C2CCCCC2)cc1)c1ccc(F)cc1. The topological polar surface area (TPSA) is 38.7 Å². The molecule has 1 saturated carbocycles. The first kappa shape index (κ1) is 17.1. The van der Waals surface area contributed by atoms with Gasteiger partial charge in [-0.1, -0.05) is 29.8 Å². The molecule has 1 aliphatic carbocycles. The molecule has 3 nitrogen and oxygen atoms in total. The van der Waals surface area contributed by atoms with E-state index in [1.54, 1.807) is 6.08 Å². The van der Waals surface area contributed by atoms with Gasteiger partial charge in [-0.15, -0.1) is 0 Å². The van der Waals surface area contributed by atoms with Crippen molar-refractivity contribution in [3.63, 3.8) is 0 Å². The molecule has 25 heavy (non-hydrogen) atoms. The maximum Gasteiger partial charge on any atom is 0.185 e. The lowest BCUT2D eigenvalue weighted by molar-refractivity contribution is 0.104. The van der Waals surface area contributed by atoms with Crippen LogP contribution >= 0.6 is 0 Å². The fraction of sp³-hybridized carbons (Fsp3) is 0.238. The summed E-state index contributed by atoms with van der Waals surface area (Å²) >= 11 is 0. The molecule has 0 aliphatic heterocycles. The molecule has 0 aromatic heterocycles. The van der Waals surface area contributed by atoms with E-state index < -0.39 is 0 Å². The highest BCUT2D eigenvalue weighted by Crippen LogP contribution is 2.18. The molecule has 0 spiro atoms. The van der Waals surface area contributed by atoms with Gasteiger partial charge in [-0.25, -0.2) is 4.39 Å². The van der Waals surface area contributed by atoms with Crippen molar-refractivity contribution in [2.75, 3.05) is 0 Å². The Morgan fingerprint density at radius 1 is 0.960 bits per heavy atom.